The highest BCUT2D eigenvalue weighted by Gasteiger charge is 2.13. The molecule has 0 fully saturated rings. The summed E-state index contributed by atoms with van der Waals surface area (Å²) < 4.78 is 28.5. The predicted molar refractivity (Wildman–Crippen MR) is 113 cm³/mol. The van der Waals surface area contributed by atoms with Crippen molar-refractivity contribution >= 4 is 28.2 Å². The Hall–Kier alpha value is -2.09. The van der Waals surface area contributed by atoms with E-state index in [0.29, 0.717) is 25.4 Å². The maximum absolute atomic E-state index is 12.4. The molecule has 1 amide bonds. The van der Waals surface area contributed by atoms with Crippen LogP contribution in [0.1, 0.15) is 12.0 Å². The van der Waals surface area contributed by atoms with Crippen LogP contribution in [0, 0.1) is 0 Å². The molecule has 6 nitrogen and oxygen atoms in total. The molecule has 8 heteroatoms. The van der Waals surface area contributed by atoms with E-state index in [1.807, 2.05) is 30.3 Å². The summed E-state index contributed by atoms with van der Waals surface area (Å²) in [7, 11) is -3.23. The number of rotatable bonds is 10. The number of ether oxygens (including phenoxy) is 1. The Labute approximate surface area is 173 Å². The highest BCUT2D eigenvalue weighted by Crippen LogP contribution is 2.16. The maximum Gasteiger partial charge on any atom is 0.226 e. The number of hydrogen-bond acceptors (Lipinski definition) is 5. The summed E-state index contributed by atoms with van der Waals surface area (Å²) in [6.45, 7) is 1.76. The summed E-state index contributed by atoms with van der Waals surface area (Å²) in [5.41, 5.74) is 6.81. The fourth-order valence-corrected chi connectivity index (χ4v) is 3.25. The van der Waals surface area contributed by atoms with Crippen molar-refractivity contribution in [2.45, 2.75) is 17.7 Å². The molecular weight excluding hydrogens is 400 g/mol. The lowest BCUT2D eigenvalue weighted by Crippen LogP contribution is -2.37. The molecule has 0 aromatic heterocycles. The van der Waals surface area contributed by atoms with Crippen LogP contribution in [0.25, 0.3) is 0 Å². The lowest BCUT2D eigenvalue weighted by molar-refractivity contribution is -0.131. The number of nitrogens with zero attached hydrogens (tertiary/aromatic N) is 1. The molecule has 28 heavy (non-hydrogen) atoms. The monoisotopic (exact) mass is 426 g/mol. The average Bonchev–Trinajstić information content (AvgIpc) is 2.65. The molecule has 0 heterocycles. The predicted octanol–water partition coefficient (Wildman–Crippen LogP) is 2.31. The Bertz CT molecular complexity index is 827. The molecule has 2 aromatic rings. The van der Waals surface area contributed by atoms with Gasteiger partial charge in [0, 0.05) is 25.9 Å². The van der Waals surface area contributed by atoms with Gasteiger partial charge in [0.15, 0.2) is 9.84 Å². The molecule has 0 spiro atoms. The van der Waals surface area contributed by atoms with E-state index in [1.165, 1.54) is 17.7 Å². The Morgan fingerprint density at radius 2 is 1.68 bits per heavy atom. The van der Waals surface area contributed by atoms with Crippen LogP contribution in [-0.4, -0.2) is 51.7 Å². The number of benzene rings is 2. The van der Waals surface area contributed by atoms with Crippen LogP contribution in [-0.2, 0) is 21.1 Å². The minimum atomic E-state index is -3.23. The summed E-state index contributed by atoms with van der Waals surface area (Å²) in [5.74, 6) is 0.522. The normalized spacial score (nSPS) is 10.8. The maximum atomic E-state index is 12.4. The quantitative estimate of drug-likeness (QED) is 0.629. The molecule has 2 aromatic carbocycles. The van der Waals surface area contributed by atoms with Crippen molar-refractivity contribution in [1.82, 2.24) is 4.90 Å². The lowest BCUT2D eigenvalue weighted by atomic mass is 10.1. The number of carbonyl (C=O) groups is 1. The van der Waals surface area contributed by atoms with Crippen LogP contribution in [0.2, 0.25) is 0 Å². The Morgan fingerprint density at radius 3 is 2.25 bits per heavy atom. The molecule has 0 unspecified atom stereocenters. The van der Waals surface area contributed by atoms with Crippen molar-refractivity contribution < 1.29 is 17.9 Å². The first-order valence-electron chi connectivity index (χ1n) is 8.85. The van der Waals surface area contributed by atoms with E-state index in [4.69, 9.17) is 10.5 Å². The molecule has 154 valence electrons. The number of halogens is 1. The fourth-order valence-electron chi connectivity index (χ4n) is 2.62. The van der Waals surface area contributed by atoms with Gasteiger partial charge in [-0.1, -0.05) is 30.3 Å². The van der Waals surface area contributed by atoms with Gasteiger partial charge >= 0.3 is 0 Å². The summed E-state index contributed by atoms with van der Waals surface area (Å²) in [4.78, 5) is 14.4. The first kappa shape index (κ1) is 23.9. The molecule has 0 bridgehead atoms. The summed E-state index contributed by atoms with van der Waals surface area (Å²) >= 11 is 0. The molecule has 2 rings (SSSR count). The van der Waals surface area contributed by atoms with Crippen molar-refractivity contribution in [2.24, 2.45) is 5.73 Å². The van der Waals surface area contributed by atoms with Gasteiger partial charge in [-0.15, -0.1) is 12.4 Å². The number of sulfone groups is 1. The zero-order chi connectivity index (χ0) is 19.7. The Kier molecular flexibility index (Phi) is 9.99. The highest BCUT2D eigenvalue weighted by molar-refractivity contribution is 7.90. The van der Waals surface area contributed by atoms with E-state index in [2.05, 4.69) is 0 Å². The Balaban J connectivity index is 0.00000392. The van der Waals surface area contributed by atoms with Crippen LogP contribution >= 0.6 is 12.4 Å². The topological polar surface area (TPSA) is 89.7 Å². The third-order valence-electron chi connectivity index (χ3n) is 4.10. The van der Waals surface area contributed by atoms with Gasteiger partial charge in [0.25, 0.3) is 0 Å². The van der Waals surface area contributed by atoms with Crippen LogP contribution in [0.15, 0.2) is 59.5 Å². The largest absolute Gasteiger partial charge is 0.493 e. The third-order valence-corrected chi connectivity index (χ3v) is 5.23. The van der Waals surface area contributed by atoms with Crippen LogP contribution in [0.3, 0.4) is 0 Å². The number of hydrogen-bond donors (Lipinski definition) is 1. The van der Waals surface area contributed by atoms with Gasteiger partial charge in [0.1, 0.15) is 5.75 Å². The van der Waals surface area contributed by atoms with Crippen molar-refractivity contribution in [1.29, 1.82) is 0 Å². The second kappa shape index (κ2) is 11.7. The molecular formula is C20H27ClN2O4S. The molecule has 0 radical (unpaired) electrons. The third kappa shape index (κ3) is 7.88. The van der Waals surface area contributed by atoms with Gasteiger partial charge in [-0.3, -0.25) is 4.79 Å². The van der Waals surface area contributed by atoms with Crippen molar-refractivity contribution in [3.8, 4) is 5.75 Å². The highest BCUT2D eigenvalue weighted by atomic mass is 35.5. The van der Waals surface area contributed by atoms with E-state index in [1.54, 1.807) is 17.0 Å². The van der Waals surface area contributed by atoms with Gasteiger partial charge in [0.2, 0.25) is 5.91 Å². The summed E-state index contributed by atoms with van der Waals surface area (Å²) in [5, 5.41) is 0. The van der Waals surface area contributed by atoms with E-state index in [0.717, 1.165) is 12.7 Å². The van der Waals surface area contributed by atoms with Gasteiger partial charge in [-0.05, 0) is 36.2 Å². The molecule has 0 aliphatic carbocycles. The smallest absolute Gasteiger partial charge is 0.226 e. The van der Waals surface area contributed by atoms with Crippen molar-refractivity contribution in [2.75, 3.05) is 32.5 Å². The van der Waals surface area contributed by atoms with Gasteiger partial charge < -0.3 is 15.4 Å². The fraction of sp³-hybridized carbons (Fsp3) is 0.350. The number of carbonyl (C=O) groups excluding carboxylic acids is 1. The molecule has 0 saturated heterocycles. The summed E-state index contributed by atoms with van der Waals surface area (Å²) in [6, 6.07) is 16.2. The first-order valence-corrected chi connectivity index (χ1v) is 10.7. The van der Waals surface area contributed by atoms with E-state index < -0.39 is 9.84 Å². The zero-order valence-electron chi connectivity index (χ0n) is 15.9. The van der Waals surface area contributed by atoms with Crippen molar-refractivity contribution in [3.05, 3.63) is 60.2 Å². The van der Waals surface area contributed by atoms with E-state index >= 15 is 0 Å². The second-order valence-corrected chi connectivity index (χ2v) is 8.26. The Morgan fingerprint density at radius 1 is 1.04 bits per heavy atom. The van der Waals surface area contributed by atoms with E-state index in [-0.39, 0.29) is 36.2 Å². The summed E-state index contributed by atoms with van der Waals surface area (Å²) in [6.07, 6.45) is 2.17. The van der Waals surface area contributed by atoms with Gasteiger partial charge in [0.05, 0.1) is 17.9 Å². The SMILES string of the molecule is CS(=O)(=O)c1ccc(OCCC(=O)N(CCN)CCc2ccccc2)cc1.Cl. The number of amides is 1. The molecule has 0 atom stereocenters. The molecule has 2 N–H and O–H groups in total. The van der Waals surface area contributed by atoms with Crippen LogP contribution in [0.4, 0.5) is 0 Å². The van der Waals surface area contributed by atoms with Gasteiger partial charge in [-0.25, -0.2) is 8.42 Å². The molecule has 0 saturated carbocycles. The van der Waals surface area contributed by atoms with Crippen molar-refractivity contribution in [3.63, 3.8) is 0 Å². The molecule has 0 aliphatic rings. The average molecular weight is 427 g/mol. The number of nitrogens with two attached hydrogens (primary N) is 1. The van der Waals surface area contributed by atoms with Crippen LogP contribution < -0.4 is 10.5 Å². The van der Waals surface area contributed by atoms with Gasteiger partial charge in [-0.2, -0.15) is 0 Å². The lowest BCUT2D eigenvalue weighted by Gasteiger charge is -2.22. The minimum Gasteiger partial charge on any atom is -0.493 e. The first-order chi connectivity index (χ1) is 12.9. The molecule has 0 aliphatic heterocycles. The minimum absolute atomic E-state index is 0. The second-order valence-electron chi connectivity index (χ2n) is 6.25. The van der Waals surface area contributed by atoms with E-state index in [9.17, 15) is 13.2 Å². The van der Waals surface area contributed by atoms with Crippen LogP contribution in [0.5, 0.6) is 5.75 Å². The zero-order valence-corrected chi connectivity index (χ0v) is 17.5. The standard InChI is InChI=1S/C20H26N2O4S.ClH/c1-27(24,25)19-9-7-18(8-10-19)26-16-12-20(23)22(15-13-21)14-11-17-5-3-2-4-6-17;/h2-10H,11-16,21H2,1H3;1H.